The number of benzene rings is 4. The fourth-order valence-electron chi connectivity index (χ4n) is 20.0. The number of amides is 6. The Morgan fingerprint density at radius 1 is 0.380 bits per heavy atom. The van der Waals surface area contributed by atoms with Crippen LogP contribution in [-0.4, -0.2) is 219 Å². The van der Waals surface area contributed by atoms with Gasteiger partial charge in [-0.1, -0.05) is 131 Å². The summed E-state index contributed by atoms with van der Waals surface area (Å²) in [6, 6.07) is 33.3. The van der Waals surface area contributed by atoms with E-state index in [9.17, 15) is 28.8 Å². The zero-order chi connectivity index (χ0) is 98.4. The van der Waals surface area contributed by atoms with Gasteiger partial charge >= 0.3 is 0 Å². The van der Waals surface area contributed by atoms with Gasteiger partial charge < -0.3 is 64.2 Å². The highest BCUT2D eigenvalue weighted by molar-refractivity contribution is 9.11. The van der Waals surface area contributed by atoms with Crippen molar-refractivity contribution in [3.05, 3.63) is 204 Å². The summed E-state index contributed by atoms with van der Waals surface area (Å²) in [4.78, 5) is 99.7. The molecule has 10 fully saturated rings. The average Bonchev–Trinajstić information content (AvgIpc) is 1.57. The molecule has 4 spiro atoms. The van der Waals surface area contributed by atoms with E-state index >= 15 is 0 Å². The molecular weight excluding hydrogens is 1970 g/mol. The first-order valence-electron chi connectivity index (χ1n) is 46.3. The van der Waals surface area contributed by atoms with Crippen molar-refractivity contribution < 1.29 is 28.8 Å². The van der Waals surface area contributed by atoms with Gasteiger partial charge in [-0.3, -0.25) is 89.1 Å². The van der Waals surface area contributed by atoms with Gasteiger partial charge in [-0.25, -0.2) is 0 Å². The molecule has 10 saturated heterocycles. The Morgan fingerprint density at radius 2 is 0.686 bits per heavy atom. The van der Waals surface area contributed by atoms with E-state index in [1.807, 2.05) is 140 Å². The van der Waals surface area contributed by atoms with Crippen molar-refractivity contribution in [2.45, 2.75) is 201 Å². The molecule has 0 atom stereocenters. The summed E-state index contributed by atoms with van der Waals surface area (Å²) in [6.07, 6.45) is 26.0. The number of hydrogen-bond acceptors (Lipinski definition) is 24. The highest BCUT2D eigenvalue weighted by Gasteiger charge is 2.55. The van der Waals surface area contributed by atoms with Crippen LogP contribution in [0.5, 0.6) is 0 Å². The quantitative estimate of drug-likeness (QED) is 0.0572. The third kappa shape index (κ3) is 24.3. The summed E-state index contributed by atoms with van der Waals surface area (Å²) in [5, 5.41) is 42.8. The van der Waals surface area contributed by atoms with Crippen molar-refractivity contribution in [2.75, 3.05) is 93.2 Å². The lowest BCUT2D eigenvalue weighted by molar-refractivity contribution is -0.126. The van der Waals surface area contributed by atoms with Gasteiger partial charge in [0.05, 0.1) is 108 Å². The van der Waals surface area contributed by atoms with E-state index in [4.69, 9.17) is 80.9 Å². The summed E-state index contributed by atoms with van der Waals surface area (Å²) in [7, 11) is 3.85. The monoisotopic (exact) mass is 2090 g/mol. The Bertz CT molecular complexity index is 5960. The lowest BCUT2D eigenvalue weighted by atomic mass is 9.87. The predicted octanol–water partition coefficient (Wildman–Crippen LogP) is 12.1. The number of halogens is 7. The fraction of sp³-hybridized carbons (Fsp3) is 0.469. The lowest BCUT2D eigenvalue weighted by Gasteiger charge is -2.40. The maximum atomic E-state index is 12.7. The first-order valence-corrected chi connectivity index (χ1v) is 49.8. The predicted molar refractivity (Wildman–Crippen MR) is 550 cm³/mol. The standard InChI is InChI=1S/C22H25ClN6O.C19H21ClN6O.C16H23N3O.C14H18BrClN4O.C13H19N3O.C9H17N3O.C5H2BrCl2N/c1-21(2)26-20(30)22(27-21)6-8-29(9-7-22)19-16(12-24-13-17(19)23)14-4-5-18-15(10-14)11-25-28(18)3;1-25-16-3-2-12(8-13(16)9-24-25)14-10-23-11-15(20)17(14)26-6-4-19(22,5-7-26)18(21)27;1-15(2)17-14(20)16(18-15)8-10-19(11-9-16)12-13-6-4-3-5-7-13;1-13(2)18-12(21)14(19-13)3-5-20(6-4-14)11-9(15)7-17-8-10(11)16;14-12(17)13(15)6-8-16(9-7-13)10-11-4-2-1-3-5-11;1-8(2)11-7(13)9(12-8)3-5-10-6-4-9;6-3-1-9-2-4(7)5(3)8/h4-5,10-13,27H,6-9H2,1-3H3,(H,26,30);2-3,8-11H,4-7,22H2,1H3,(H2,21,27);3-7,18H,8-12H2,1-2H3,(H,17,20);7-8,19H,3-6H2,1-2H3,(H,18,21);1-5H,6-10,15H2,(H2,14,17);10,12H,3-6H2,1-2H3,(H,11,13);1-2H. The molecule has 732 valence electrons. The van der Waals surface area contributed by atoms with Gasteiger partial charge in [-0.05, 0) is 224 Å². The summed E-state index contributed by atoms with van der Waals surface area (Å²) in [6.45, 7) is 27.6. The second-order valence-electron chi connectivity index (χ2n) is 39.4. The summed E-state index contributed by atoms with van der Waals surface area (Å²) in [5.74, 6) is -0.301. The molecule has 0 radical (unpaired) electrons. The van der Waals surface area contributed by atoms with Gasteiger partial charge in [0.1, 0.15) is 22.2 Å². The lowest BCUT2D eigenvalue weighted by Crippen LogP contribution is -2.58. The number of nitrogens with two attached hydrogens (primary N) is 4. The number of nitrogens with one attached hydrogen (secondary N) is 9. The number of fused-ring (bicyclic) bond motifs is 2. The van der Waals surface area contributed by atoms with Crippen molar-refractivity contribution in [1.29, 1.82) is 0 Å². The van der Waals surface area contributed by atoms with Crippen LogP contribution in [0.15, 0.2) is 168 Å². The minimum atomic E-state index is -0.954. The summed E-state index contributed by atoms with van der Waals surface area (Å²) in [5.41, 5.74) is 29.9. The molecule has 0 aliphatic carbocycles. The SMILES string of the molecule is CC1(C)NC(=O)C2(CCN(Cc3ccccc3)CC2)N1.CC1(C)NC(=O)C2(CCN(c3c(Cl)cncc3Br)CC2)N1.CC1(C)NC(=O)C2(CCNCC2)N1.Clc1cncc(Br)c1Cl.Cn1ncc2cc(-c3cncc(Cl)c3N3CCC(N)(C(N)=O)CC3)ccc21.Cn1ncc2cc(-c3cncc(Cl)c3N3CCC4(CC3)NC(C)(C)NC4=O)ccc21.NC(=O)C1(N)CCN(Cc2ccccc2)CC1. The van der Waals surface area contributed by atoms with Crippen LogP contribution < -0.4 is 85.5 Å². The first kappa shape index (κ1) is 104. The first-order chi connectivity index (χ1) is 64.8. The van der Waals surface area contributed by atoms with E-state index in [-0.39, 0.29) is 63.3 Å². The molecule has 10 aliphatic heterocycles. The molecule has 16 heterocycles. The second-order valence-corrected chi connectivity index (χ2v) is 43.1. The van der Waals surface area contributed by atoms with Crippen LogP contribution in [0.25, 0.3) is 44.1 Å². The highest BCUT2D eigenvalue weighted by atomic mass is 79.9. The maximum Gasteiger partial charge on any atom is 0.241 e. The number of hydrogen-bond donors (Lipinski definition) is 13. The third-order valence-corrected chi connectivity index (χ3v) is 30.4. The van der Waals surface area contributed by atoms with Crippen molar-refractivity contribution in [1.82, 2.24) is 97.1 Å². The summed E-state index contributed by atoms with van der Waals surface area (Å²) < 4.78 is 5.30. The van der Waals surface area contributed by atoms with Gasteiger partial charge in [0.2, 0.25) is 35.4 Å². The molecule has 20 rings (SSSR count). The van der Waals surface area contributed by atoms with E-state index in [0.717, 1.165) is 200 Å². The van der Waals surface area contributed by atoms with Crippen LogP contribution in [0, 0.1) is 0 Å². The summed E-state index contributed by atoms with van der Waals surface area (Å²) >= 11 is 37.3. The minimum Gasteiger partial charge on any atom is -0.370 e. The van der Waals surface area contributed by atoms with Crippen LogP contribution in [0.1, 0.15) is 144 Å². The Labute approximate surface area is 842 Å². The maximum absolute atomic E-state index is 12.7. The Morgan fingerprint density at radius 3 is 1.02 bits per heavy atom. The van der Waals surface area contributed by atoms with Crippen molar-refractivity contribution in [2.24, 2.45) is 37.0 Å². The number of rotatable bonds is 11. The topological polar surface area (TPSA) is 418 Å². The number of nitrogens with zero attached hydrogens (tertiary/aromatic N) is 13. The van der Waals surface area contributed by atoms with Gasteiger partial charge in [0.25, 0.3) is 0 Å². The number of carbonyl (C=O) groups excluding carboxylic acids is 6. The smallest absolute Gasteiger partial charge is 0.241 e. The molecule has 6 aromatic heterocycles. The number of piperidine rings is 6. The van der Waals surface area contributed by atoms with Crippen LogP contribution >= 0.6 is 89.9 Å². The molecule has 17 N–H and O–H groups in total. The zero-order valence-electron chi connectivity index (χ0n) is 79.1. The fourth-order valence-corrected chi connectivity index (χ4v) is 22.3. The normalized spacial score (nSPS) is 20.9. The molecule has 10 aliphatic rings. The Kier molecular flexibility index (Phi) is 32.2. The largest absolute Gasteiger partial charge is 0.370 e. The van der Waals surface area contributed by atoms with E-state index < -0.39 is 28.1 Å². The third-order valence-electron chi connectivity index (χ3n) is 27.4. The number of aryl methyl sites for hydroxylation is 2. The molecule has 32 nitrogen and oxygen atoms in total. The number of primary amides is 2. The van der Waals surface area contributed by atoms with E-state index in [1.54, 1.807) is 31.0 Å². The van der Waals surface area contributed by atoms with E-state index in [1.165, 1.54) is 17.3 Å². The second kappa shape index (κ2) is 42.6. The van der Waals surface area contributed by atoms with Gasteiger partial charge in [0, 0.05) is 164 Å². The van der Waals surface area contributed by atoms with Gasteiger partial charge in [-0.2, -0.15) is 10.2 Å². The molecular formula is C98H125Br2Cl5N26O6. The number of anilines is 3. The van der Waals surface area contributed by atoms with Gasteiger partial charge in [0.15, 0.2) is 0 Å². The zero-order valence-corrected chi connectivity index (χ0v) is 86.1. The number of pyridine rings is 4. The van der Waals surface area contributed by atoms with E-state index in [2.05, 4.69) is 195 Å². The molecule has 39 heteroatoms. The average molecular weight is 2100 g/mol. The van der Waals surface area contributed by atoms with Crippen molar-refractivity contribution in [3.63, 3.8) is 0 Å². The van der Waals surface area contributed by atoms with Crippen molar-refractivity contribution in [3.8, 4) is 22.3 Å². The molecule has 137 heavy (non-hydrogen) atoms. The van der Waals surface area contributed by atoms with E-state index in [0.29, 0.717) is 63.9 Å². The molecule has 10 aromatic rings. The van der Waals surface area contributed by atoms with Crippen molar-refractivity contribution >= 4 is 164 Å². The molecule has 6 amide bonds. The molecule has 4 aromatic carbocycles. The number of likely N-dealkylation sites (tertiary alicyclic amines) is 2. The Hall–Kier alpha value is -9.31. The van der Waals surface area contributed by atoms with Crippen LogP contribution in [-0.2, 0) is 56.0 Å². The van der Waals surface area contributed by atoms with Crippen LogP contribution in [0.4, 0.5) is 17.1 Å². The number of carbonyl (C=O) groups is 6. The minimum absolute atomic E-state index is 0.0928. The Balaban J connectivity index is 0.000000131. The molecule has 0 saturated carbocycles. The molecule has 0 unspecified atom stereocenters. The number of aromatic nitrogens is 8. The highest BCUT2D eigenvalue weighted by Crippen LogP contribution is 2.45. The van der Waals surface area contributed by atoms with Crippen LogP contribution in [0.3, 0.4) is 0 Å². The van der Waals surface area contributed by atoms with Gasteiger partial charge in [-0.15, -0.1) is 0 Å². The van der Waals surface area contributed by atoms with Crippen LogP contribution in [0.2, 0.25) is 25.1 Å². The molecule has 0 bridgehead atoms.